The van der Waals surface area contributed by atoms with Crippen LogP contribution >= 0.6 is 0 Å². The van der Waals surface area contributed by atoms with Gasteiger partial charge in [-0.3, -0.25) is 4.79 Å². The van der Waals surface area contributed by atoms with E-state index < -0.39 is 61.5 Å². The Bertz CT molecular complexity index is 844. The number of aliphatic hydroxyl groups excluding tert-OH is 6. The van der Waals surface area contributed by atoms with Gasteiger partial charge in [-0.05, 0) is 38.5 Å². The van der Waals surface area contributed by atoms with E-state index in [1.54, 1.807) is 0 Å². The summed E-state index contributed by atoms with van der Waals surface area (Å²) in [5.74, 6) is -0.590. The zero-order valence-electron chi connectivity index (χ0n) is 33.2. The van der Waals surface area contributed by atoms with Crippen molar-refractivity contribution in [1.82, 2.24) is 5.32 Å². The van der Waals surface area contributed by atoms with E-state index in [-0.39, 0.29) is 6.61 Å². The van der Waals surface area contributed by atoms with Gasteiger partial charge in [0.25, 0.3) is 0 Å². The van der Waals surface area contributed by atoms with Crippen LogP contribution in [-0.2, 0) is 14.3 Å². The van der Waals surface area contributed by atoms with Crippen LogP contribution in [0.5, 0.6) is 0 Å². The number of nitrogens with one attached hydrogen (secondary N) is 1. The van der Waals surface area contributed by atoms with Crippen molar-refractivity contribution in [3.63, 3.8) is 0 Å². The highest BCUT2D eigenvalue weighted by atomic mass is 16.7. The van der Waals surface area contributed by atoms with Gasteiger partial charge in [-0.1, -0.05) is 161 Å². The SMILES string of the molecule is CCCCCCCC/C=C\CCCCCCCCC(O)C(=O)NC(COC1OC(CO)C(O)C(O)C1O)C(O)CCCCCCCCCCCCC. The van der Waals surface area contributed by atoms with Gasteiger partial charge in [-0.15, -0.1) is 0 Å². The van der Waals surface area contributed by atoms with Gasteiger partial charge in [0.15, 0.2) is 6.29 Å². The highest BCUT2D eigenvalue weighted by Crippen LogP contribution is 2.23. The first-order chi connectivity index (χ1) is 25.3. The molecule has 0 aromatic carbocycles. The summed E-state index contributed by atoms with van der Waals surface area (Å²) in [6.07, 6.45) is 25.5. The number of carbonyl (C=O) groups excluding carboxylic acids is 1. The summed E-state index contributed by atoms with van der Waals surface area (Å²) in [4.78, 5) is 13.0. The average Bonchev–Trinajstić information content (AvgIpc) is 3.14. The third-order valence-corrected chi connectivity index (χ3v) is 10.5. The standard InChI is InChI=1S/C42H81NO9/c1-3-5-7-9-11-13-15-16-17-18-19-21-23-25-27-29-31-36(46)41(50)43-34(33-51-42-40(49)39(48)38(47)37(32-44)52-42)35(45)30-28-26-24-22-20-14-12-10-8-6-4-2/h16-17,34-40,42,44-49H,3-15,18-33H2,1-2H3,(H,43,50)/b17-16-. The molecule has 1 heterocycles. The second-order valence-corrected chi connectivity index (χ2v) is 15.3. The molecule has 0 bridgehead atoms. The van der Waals surface area contributed by atoms with E-state index in [0.717, 1.165) is 57.8 Å². The number of aliphatic hydroxyl groups is 6. The van der Waals surface area contributed by atoms with E-state index >= 15 is 0 Å². The molecule has 52 heavy (non-hydrogen) atoms. The molecular weight excluding hydrogens is 662 g/mol. The molecular formula is C42H81NO9. The molecule has 0 radical (unpaired) electrons. The fourth-order valence-corrected chi connectivity index (χ4v) is 6.87. The smallest absolute Gasteiger partial charge is 0.249 e. The Morgan fingerprint density at radius 1 is 0.635 bits per heavy atom. The van der Waals surface area contributed by atoms with Crippen LogP contribution in [0.25, 0.3) is 0 Å². The third kappa shape index (κ3) is 23.6. The Morgan fingerprint density at radius 3 is 1.56 bits per heavy atom. The van der Waals surface area contributed by atoms with E-state index in [1.807, 2.05) is 0 Å². The lowest BCUT2D eigenvalue weighted by Gasteiger charge is -2.40. The van der Waals surface area contributed by atoms with Crippen molar-refractivity contribution in [2.75, 3.05) is 13.2 Å². The second-order valence-electron chi connectivity index (χ2n) is 15.3. The van der Waals surface area contributed by atoms with Crippen LogP contribution in [0.15, 0.2) is 12.2 Å². The number of hydrogen-bond acceptors (Lipinski definition) is 9. The van der Waals surface area contributed by atoms with Gasteiger partial charge < -0.3 is 45.4 Å². The topological polar surface area (TPSA) is 169 Å². The molecule has 0 saturated carbocycles. The fourth-order valence-electron chi connectivity index (χ4n) is 6.87. The van der Waals surface area contributed by atoms with E-state index in [2.05, 4.69) is 31.3 Å². The van der Waals surface area contributed by atoms with Crippen LogP contribution in [0, 0.1) is 0 Å². The summed E-state index contributed by atoms with van der Waals surface area (Å²) in [5, 5.41) is 64.6. The maximum absolute atomic E-state index is 13.0. The monoisotopic (exact) mass is 744 g/mol. The lowest BCUT2D eigenvalue weighted by molar-refractivity contribution is -0.302. The number of allylic oxidation sites excluding steroid dienone is 2. The normalized spacial score (nSPS) is 22.5. The van der Waals surface area contributed by atoms with Crippen LogP contribution in [0.4, 0.5) is 0 Å². The van der Waals surface area contributed by atoms with Crippen molar-refractivity contribution in [3.05, 3.63) is 12.2 Å². The summed E-state index contributed by atoms with van der Waals surface area (Å²) < 4.78 is 11.1. The summed E-state index contributed by atoms with van der Waals surface area (Å²) in [6, 6.07) is -0.891. The first-order valence-corrected chi connectivity index (χ1v) is 21.5. The maximum atomic E-state index is 13.0. The quantitative estimate of drug-likeness (QED) is 0.0264. The lowest BCUT2D eigenvalue weighted by atomic mass is 9.99. The molecule has 8 atom stereocenters. The van der Waals surface area contributed by atoms with Crippen molar-refractivity contribution in [3.8, 4) is 0 Å². The molecule has 0 spiro atoms. The Labute approximate surface area is 317 Å². The van der Waals surface area contributed by atoms with Gasteiger partial charge in [-0.2, -0.15) is 0 Å². The van der Waals surface area contributed by atoms with Gasteiger partial charge in [0.05, 0.1) is 25.4 Å². The molecule has 1 aliphatic rings. The van der Waals surface area contributed by atoms with E-state index in [4.69, 9.17) is 9.47 Å². The van der Waals surface area contributed by atoms with Gasteiger partial charge in [0, 0.05) is 0 Å². The first kappa shape index (κ1) is 48.9. The number of unbranched alkanes of at least 4 members (excludes halogenated alkanes) is 22. The van der Waals surface area contributed by atoms with Crippen LogP contribution in [0.2, 0.25) is 0 Å². The molecule has 1 fully saturated rings. The van der Waals surface area contributed by atoms with E-state index in [9.17, 15) is 35.4 Å². The minimum Gasteiger partial charge on any atom is -0.394 e. The van der Waals surface area contributed by atoms with E-state index in [1.165, 1.54) is 103 Å². The predicted octanol–water partition coefficient (Wildman–Crippen LogP) is 7.14. The molecule has 7 N–H and O–H groups in total. The molecule has 1 rings (SSSR count). The second kappa shape index (κ2) is 33.2. The molecule has 8 unspecified atom stereocenters. The van der Waals surface area contributed by atoms with Crippen molar-refractivity contribution < 1.29 is 44.9 Å². The first-order valence-electron chi connectivity index (χ1n) is 21.5. The maximum Gasteiger partial charge on any atom is 0.249 e. The number of carbonyl (C=O) groups is 1. The summed E-state index contributed by atoms with van der Waals surface area (Å²) in [7, 11) is 0. The van der Waals surface area contributed by atoms with E-state index in [0.29, 0.717) is 12.8 Å². The lowest BCUT2D eigenvalue weighted by Crippen LogP contribution is -2.60. The highest BCUT2D eigenvalue weighted by Gasteiger charge is 2.44. The molecule has 308 valence electrons. The largest absolute Gasteiger partial charge is 0.394 e. The van der Waals surface area contributed by atoms with Crippen molar-refractivity contribution in [1.29, 1.82) is 0 Å². The minimum atomic E-state index is -1.59. The summed E-state index contributed by atoms with van der Waals surface area (Å²) >= 11 is 0. The Balaban J connectivity index is 2.42. The molecule has 1 saturated heterocycles. The fraction of sp³-hybridized carbons (Fsp3) is 0.929. The number of rotatable bonds is 35. The number of amides is 1. The summed E-state index contributed by atoms with van der Waals surface area (Å²) in [5.41, 5.74) is 0. The van der Waals surface area contributed by atoms with Crippen LogP contribution in [0.3, 0.4) is 0 Å². The average molecular weight is 744 g/mol. The minimum absolute atomic E-state index is 0.255. The van der Waals surface area contributed by atoms with Gasteiger partial charge >= 0.3 is 0 Å². The number of ether oxygens (including phenoxy) is 2. The van der Waals surface area contributed by atoms with Gasteiger partial charge in [0.1, 0.15) is 30.5 Å². The molecule has 10 heteroatoms. The molecule has 1 amide bonds. The van der Waals surface area contributed by atoms with Crippen LogP contribution in [-0.4, -0.2) is 98.7 Å². The van der Waals surface area contributed by atoms with Gasteiger partial charge in [0.2, 0.25) is 5.91 Å². The zero-order valence-corrected chi connectivity index (χ0v) is 33.2. The summed E-state index contributed by atoms with van der Waals surface area (Å²) in [6.45, 7) is 3.63. The zero-order chi connectivity index (χ0) is 38.2. The van der Waals surface area contributed by atoms with Crippen LogP contribution < -0.4 is 5.32 Å². The third-order valence-electron chi connectivity index (χ3n) is 10.5. The van der Waals surface area contributed by atoms with Crippen LogP contribution in [0.1, 0.15) is 187 Å². The van der Waals surface area contributed by atoms with Crippen molar-refractivity contribution >= 4 is 5.91 Å². The molecule has 10 nitrogen and oxygen atoms in total. The Kier molecular flexibility index (Phi) is 31.3. The Morgan fingerprint density at radius 2 is 1.08 bits per heavy atom. The Hall–Kier alpha value is -1.11. The van der Waals surface area contributed by atoms with Gasteiger partial charge in [-0.25, -0.2) is 0 Å². The predicted molar refractivity (Wildman–Crippen MR) is 209 cm³/mol. The highest BCUT2D eigenvalue weighted by molar-refractivity contribution is 5.80. The molecule has 0 aliphatic carbocycles. The molecule has 0 aromatic heterocycles. The number of hydrogen-bond donors (Lipinski definition) is 7. The molecule has 1 aliphatic heterocycles. The van der Waals surface area contributed by atoms with Crippen molar-refractivity contribution in [2.24, 2.45) is 0 Å². The van der Waals surface area contributed by atoms with Crippen molar-refractivity contribution in [2.45, 2.75) is 236 Å². The molecule has 0 aromatic rings.